The molecule has 1 amide bonds. The fourth-order valence-corrected chi connectivity index (χ4v) is 2.81. The summed E-state index contributed by atoms with van der Waals surface area (Å²) in [5.74, 6) is -1.07. The third-order valence-electron chi connectivity index (χ3n) is 3.57. The molecule has 1 aliphatic rings. The smallest absolute Gasteiger partial charge is 0.326 e. The lowest BCUT2D eigenvalue weighted by Crippen LogP contribution is -2.49. The molecule has 1 saturated heterocycles. The van der Waals surface area contributed by atoms with Gasteiger partial charge in [0, 0.05) is 11.6 Å². The standard InChI is InChI=1S/C14H15Cl2NO3/c1-8-4-5-17(12(6-8)14(19)20)13(18)10-7-9(15)2-3-11(10)16/h2-3,7-8,12H,4-6H2,1H3,(H,19,20). The summed E-state index contributed by atoms with van der Waals surface area (Å²) in [5.41, 5.74) is 0.250. The van der Waals surface area contributed by atoms with Gasteiger partial charge >= 0.3 is 5.97 Å². The molecule has 2 atom stereocenters. The minimum Gasteiger partial charge on any atom is -0.480 e. The molecule has 108 valence electrons. The van der Waals surface area contributed by atoms with E-state index in [4.69, 9.17) is 23.2 Å². The molecule has 1 aliphatic heterocycles. The first-order chi connectivity index (χ1) is 9.40. The van der Waals surface area contributed by atoms with Gasteiger partial charge in [0.25, 0.3) is 5.91 Å². The van der Waals surface area contributed by atoms with E-state index in [1.54, 1.807) is 12.1 Å². The van der Waals surface area contributed by atoms with Crippen LogP contribution in [-0.2, 0) is 4.79 Å². The largest absolute Gasteiger partial charge is 0.480 e. The number of benzene rings is 1. The lowest BCUT2D eigenvalue weighted by molar-refractivity contribution is -0.144. The van der Waals surface area contributed by atoms with Gasteiger partial charge in [-0.15, -0.1) is 0 Å². The number of carbonyl (C=O) groups excluding carboxylic acids is 1. The second-order valence-electron chi connectivity index (χ2n) is 5.11. The van der Waals surface area contributed by atoms with Crippen molar-refractivity contribution in [3.63, 3.8) is 0 Å². The van der Waals surface area contributed by atoms with E-state index in [0.717, 1.165) is 6.42 Å². The highest BCUT2D eigenvalue weighted by Gasteiger charge is 2.35. The summed E-state index contributed by atoms with van der Waals surface area (Å²) in [4.78, 5) is 25.2. The van der Waals surface area contributed by atoms with E-state index >= 15 is 0 Å². The van der Waals surface area contributed by atoms with Crippen LogP contribution in [0.3, 0.4) is 0 Å². The first-order valence-corrected chi connectivity index (χ1v) is 7.14. The van der Waals surface area contributed by atoms with Crippen molar-refractivity contribution in [1.29, 1.82) is 0 Å². The molecule has 20 heavy (non-hydrogen) atoms. The van der Waals surface area contributed by atoms with Crippen molar-refractivity contribution in [2.24, 2.45) is 5.92 Å². The molecule has 1 aromatic rings. The Labute approximate surface area is 127 Å². The number of aliphatic carboxylic acids is 1. The summed E-state index contributed by atoms with van der Waals surface area (Å²) in [5, 5.41) is 9.97. The van der Waals surface area contributed by atoms with Crippen molar-refractivity contribution < 1.29 is 14.7 Å². The molecule has 6 heteroatoms. The Morgan fingerprint density at radius 2 is 2.05 bits per heavy atom. The van der Waals surface area contributed by atoms with Crippen LogP contribution in [0.2, 0.25) is 10.0 Å². The van der Waals surface area contributed by atoms with Gasteiger partial charge in [0.1, 0.15) is 6.04 Å². The van der Waals surface area contributed by atoms with Gasteiger partial charge in [-0.05, 0) is 37.0 Å². The van der Waals surface area contributed by atoms with Crippen LogP contribution in [0.4, 0.5) is 0 Å². The summed E-state index contributed by atoms with van der Waals surface area (Å²) in [6.45, 7) is 2.41. The first kappa shape index (κ1) is 15.1. The van der Waals surface area contributed by atoms with Crippen LogP contribution in [0.25, 0.3) is 0 Å². The Balaban J connectivity index is 2.31. The Kier molecular flexibility index (Phi) is 4.55. The summed E-state index contributed by atoms with van der Waals surface area (Å²) < 4.78 is 0. The second-order valence-corrected chi connectivity index (χ2v) is 5.95. The minimum atomic E-state index is -0.983. The van der Waals surface area contributed by atoms with E-state index in [0.29, 0.717) is 18.0 Å². The molecule has 0 saturated carbocycles. The highest BCUT2D eigenvalue weighted by atomic mass is 35.5. The molecule has 0 radical (unpaired) electrons. The minimum absolute atomic E-state index is 0.250. The maximum Gasteiger partial charge on any atom is 0.326 e. The number of hydrogen-bond acceptors (Lipinski definition) is 2. The maximum absolute atomic E-state index is 12.5. The number of carbonyl (C=O) groups is 2. The van der Waals surface area contributed by atoms with Crippen molar-refractivity contribution in [2.75, 3.05) is 6.54 Å². The molecule has 1 N–H and O–H groups in total. The van der Waals surface area contributed by atoms with Crippen LogP contribution < -0.4 is 0 Å². The normalized spacial score (nSPS) is 22.6. The zero-order valence-corrected chi connectivity index (χ0v) is 12.5. The Morgan fingerprint density at radius 3 is 2.70 bits per heavy atom. The van der Waals surface area contributed by atoms with Crippen LogP contribution in [-0.4, -0.2) is 34.5 Å². The topological polar surface area (TPSA) is 57.6 Å². The van der Waals surface area contributed by atoms with Crippen molar-refractivity contribution in [3.8, 4) is 0 Å². The van der Waals surface area contributed by atoms with Gasteiger partial charge in [-0.25, -0.2) is 4.79 Å². The second kappa shape index (κ2) is 6.02. The van der Waals surface area contributed by atoms with Crippen LogP contribution in [0, 0.1) is 5.92 Å². The molecule has 1 fully saturated rings. The lowest BCUT2D eigenvalue weighted by atomic mass is 9.92. The van der Waals surface area contributed by atoms with Gasteiger partial charge < -0.3 is 10.0 Å². The molecule has 1 aromatic carbocycles. The van der Waals surface area contributed by atoms with Gasteiger partial charge in [0.05, 0.1) is 10.6 Å². The van der Waals surface area contributed by atoms with Crippen molar-refractivity contribution >= 4 is 35.1 Å². The molecular weight excluding hydrogens is 301 g/mol. The number of nitrogens with zero attached hydrogens (tertiary/aromatic N) is 1. The monoisotopic (exact) mass is 315 g/mol. The predicted molar refractivity (Wildman–Crippen MR) is 77.3 cm³/mol. The third-order valence-corrected chi connectivity index (χ3v) is 4.13. The number of carboxylic acid groups (broad SMARTS) is 1. The molecule has 1 heterocycles. The molecule has 4 nitrogen and oxygen atoms in total. The summed E-state index contributed by atoms with van der Waals surface area (Å²) in [6.07, 6.45) is 1.24. The first-order valence-electron chi connectivity index (χ1n) is 6.39. The molecule has 2 rings (SSSR count). The molecular formula is C14H15Cl2NO3. The van der Waals surface area contributed by atoms with E-state index in [2.05, 4.69) is 0 Å². The van der Waals surface area contributed by atoms with E-state index in [-0.39, 0.29) is 22.4 Å². The van der Waals surface area contributed by atoms with Gasteiger partial charge in [-0.3, -0.25) is 4.79 Å². The fraction of sp³-hybridized carbons (Fsp3) is 0.429. The van der Waals surface area contributed by atoms with Gasteiger partial charge in [0.15, 0.2) is 0 Å². The molecule has 0 spiro atoms. The van der Waals surface area contributed by atoms with Crippen molar-refractivity contribution in [1.82, 2.24) is 4.90 Å². The molecule has 0 aliphatic carbocycles. The van der Waals surface area contributed by atoms with Crippen LogP contribution >= 0.6 is 23.2 Å². The highest BCUT2D eigenvalue weighted by molar-refractivity contribution is 6.35. The number of amides is 1. The number of halogens is 2. The van der Waals surface area contributed by atoms with Crippen molar-refractivity contribution in [2.45, 2.75) is 25.8 Å². The van der Waals surface area contributed by atoms with Gasteiger partial charge in [-0.1, -0.05) is 30.1 Å². The molecule has 0 aromatic heterocycles. The summed E-state index contributed by atoms with van der Waals surface area (Å²) in [6, 6.07) is 3.80. The number of carboxylic acids is 1. The summed E-state index contributed by atoms with van der Waals surface area (Å²) >= 11 is 11.9. The van der Waals surface area contributed by atoms with Gasteiger partial charge in [-0.2, -0.15) is 0 Å². The van der Waals surface area contributed by atoms with Gasteiger partial charge in [0.2, 0.25) is 0 Å². The molecule has 0 bridgehead atoms. The average molecular weight is 316 g/mol. The average Bonchev–Trinajstić information content (AvgIpc) is 2.40. The fourth-order valence-electron chi connectivity index (χ4n) is 2.43. The Morgan fingerprint density at radius 1 is 1.35 bits per heavy atom. The van der Waals surface area contributed by atoms with Crippen molar-refractivity contribution in [3.05, 3.63) is 33.8 Å². The molecule has 2 unspecified atom stereocenters. The van der Waals surface area contributed by atoms with E-state index in [1.807, 2.05) is 6.92 Å². The summed E-state index contributed by atoms with van der Waals surface area (Å²) in [7, 11) is 0. The zero-order valence-electron chi connectivity index (χ0n) is 11.0. The van der Waals surface area contributed by atoms with E-state index in [9.17, 15) is 14.7 Å². The third kappa shape index (κ3) is 3.07. The highest BCUT2D eigenvalue weighted by Crippen LogP contribution is 2.28. The Hall–Kier alpha value is -1.26. The maximum atomic E-state index is 12.5. The Bertz CT molecular complexity index is 547. The van der Waals surface area contributed by atoms with Crippen LogP contribution in [0.1, 0.15) is 30.1 Å². The number of piperidine rings is 1. The zero-order chi connectivity index (χ0) is 14.9. The van der Waals surface area contributed by atoms with Crippen LogP contribution in [0.5, 0.6) is 0 Å². The number of likely N-dealkylation sites (tertiary alicyclic amines) is 1. The number of rotatable bonds is 2. The quantitative estimate of drug-likeness (QED) is 0.910. The van der Waals surface area contributed by atoms with Crippen LogP contribution in [0.15, 0.2) is 18.2 Å². The lowest BCUT2D eigenvalue weighted by Gasteiger charge is -2.36. The van der Waals surface area contributed by atoms with E-state index < -0.39 is 12.0 Å². The van der Waals surface area contributed by atoms with E-state index in [1.165, 1.54) is 11.0 Å². The predicted octanol–water partition coefficient (Wildman–Crippen LogP) is 3.32. The number of hydrogen-bond donors (Lipinski definition) is 1. The SMILES string of the molecule is CC1CCN(C(=O)c2cc(Cl)ccc2Cl)C(C(=O)O)C1.